The predicted octanol–water partition coefficient (Wildman–Crippen LogP) is 3.79. The Balaban J connectivity index is 1.54. The highest BCUT2D eigenvalue weighted by Crippen LogP contribution is 2.25. The molecule has 1 saturated heterocycles. The van der Waals surface area contributed by atoms with Crippen molar-refractivity contribution >= 4 is 17.2 Å². The number of piperidine rings is 1. The molecule has 0 N–H and O–H groups in total. The van der Waals surface area contributed by atoms with Crippen molar-refractivity contribution in [2.24, 2.45) is 0 Å². The maximum Gasteiger partial charge on any atom is 0.230 e. The third-order valence-electron chi connectivity index (χ3n) is 4.36. The molecule has 0 bridgehead atoms. The molecule has 3 rings (SSSR count). The Hall–Kier alpha value is -2.32. The van der Waals surface area contributed by atoms with Crippen molar-refractivity contribution in [2.45, 2.75) is 31.8 Å². The maximum atomic E-state index is 12.6. The van der Waals surface area contributed by atoms with Crippen LogP contribution >= 0.6 is 11.3 Å². The standard InChI is InChI=1S/C19H20N2O2S/c1-14(18-6-3-11-24-18)19(22)21-9-7-16(8-10-21)23-17-5-2-4-15(12-17)13-20/h2-6,11-12,14,16H,7-10H2,1H3/t14-/m0/s1. The van der Waals surface area contributed by atoms with Crippen molar-refractivity contribution in [1.29, 1.82) is 5.26 Å². The number of carbonyl (C=O) groups excluding carboxylic acids is 1. The number of carbonyl (C=O) groups is 1. The average Bonchev–Trinajstić information content (AvgIpc) is 3.16. The van der Waals surface area contributed by atoms with E-state index >= 15 is 0 Å². The van der Waals surface area contributed by atoms with Gasteiger partial charge in [0.05, 0.1) is 17.6 Å². The van der Waals surface area contributed by atoms with E-state index in [2.05, 4.69) is 6.07 Å². The lowest BCUT2D eigenvalue weighted by molar-refractivity contribution is -0.134. The molecule has 1 aliphatic heterocycles. The van der Waals surface area contributed by atoms with E-state index in [9.17, 15) is 4.79 Å². The van der Waals surface area contributed by atoms with Gasteiger partial charge in [0.2, 0.25) is 5.91 Å². The first-order valence-corrected chi connectivity index (χ1v) is 9.04. The van der Waals surface area contributed by atoms with E-state index in [1.165, 1.54) is 0 Å². The fourth-order valence-electron chi connectivity index (χ4n) is 2.96. The molecule has 0 aliphatic carbocycles. The Morgan fingerprint density at radius 1 is 1.33 bits per heavy atom. The first-order chi connectivity index (χ1) is 11.7. The minimum Gasteiger partial charge on any atom is -0.490 e. The zero-order valence-corrected chi connectivity index (χ0v) is 14.5. The lowest BCUT2D eigenvalue weighted by Gasteiger charge is -2.33. The molecule has 2 heterocycles. The summed E-state index contributed by atoms with van der Waals surface area (Å²) in [6.07, 6.45) is 1.74. The number of amides is 1. The quantitative estimate of drug-likeness (QED) is 0.851. The lowest BCUT2D eigenvalue weighted by Crippen LogP contribution is -2.43. The summed E-state index contributed by atoms with van der Waals surface area (Å²) >= 11 is 1.63. The summed E-state index contributed by atoms with van der Waals surface area (Å²) in [4.78, 5) is 15.7. The number of thiophene rings is 1. The second-order valence-electron chi connectivity index (χ2n) is 6.02. The van der Waals surface area contributed by atoms with Crippen molar-refractivity contribution in [3.63, 3.8) is 0 Å². The zero-order chi connectivity index (χ0) is 16.9. The topological polar surface area (TPSA) is 53.3 Å². The largest absolute Gasteiger partial charge is 0.490 e. The Morgan fingerprint density at radius 2 is 2.12 bits per heavy atom. The van der Waals surface area contributed by atoms with Crippen LogP contribution in [-0.2, 0) is 4.79 Å². The van der Waals surface area contributed by atoms with Gasteiger partial charge in [0.15, 0.2) is 0 Å². The number of ether oxygens (including phenoxy) is 1. The van der Waals surface area contributed by atoms with Crippen LogP contribution in [0.1, 0.15) is 36.1 Å². The highest BCUT2D eigenvalue weighted by molar-refractivity contribution is 7.10. The summed E-state index contributed by atoms with van der Waals surface area (Å²) < 4.78 is 5.97. The lowest BCUT2D eigenvalue weighted by atomic mass is 10.0. The van der Waals surface area contributed by atoms with Crippen molar-refractivity contribution in [2.75, 3.05) is 13.1 Å². The molecule has 0 saturated carbocycles. The molecular weight excluding hydrogens is 320 g/mol. The molecule has 1 fully saturated rings. The number of hydrogen-bond acceptors (Lipinski definition) is 4. The zero-order valence-electron chi connectivity index (χ0n) is 13.6. The number of nitrogens with zero attached hydrogens (tertiary/aromatic N) is 2. The van der Waals surface area contributed by atoms with Gasteiger partial charge in [-0.1, -0.05) is 12.1 Å². The van der Waals surface area contributed by atoms with Crippen LogP contribution in [0.25, 0.3) is 0 Å². The van der Waals surface area contributed by atoms with Crippen LogP contribution in [0.4, 0.5) is 0 Å². The van der Waals surface area contributed by atoms with Gasteiger partial charge in [0.1, 0.15) is 11.9 Å². The SMILES string of the molecule is C[C@H](C(=O)N1CCC(Oc2cccc(C#N)c2)CC1)c1cccs1. The Morgan fingerprint density at radius 3 is 2.79 bits per heavy atom. The second kappa shape index (κ2) is 7.50. The van der Waals surface area contributed by atoms with E-state index in [0.717, 1.165) is 36.6 Å². The summed E-state index contributed by atoms with van der Waals surface area (Å²) in [6.45, 7) is 3.42. The van der Waals surface area contributed by atoms with E-state index in [4.69, 9.17) is 10.00 Å². The number of likely N-dealkylation sites (tertiary alicyclic amines) is 1. The molecule has 0 spiro atoms. The van der Waals surface area contributed by atoms with Crippen LogP contribution in [0, 0.1) is 11.3 Å². The molecule has 2 aromatic rings. The highest BCUT2D eigenvalue weighted by atomic mass is 32.1. The molecule has 1 atom stereocenters. The van der Waals surface area contributed by atoms with Gasteiger partial charge in [0, 0.05) is 30.8 Å². The minimum absolute atomic E-state index is 0.0743. The molecule has 5 heteroatoms. The minimum atomic E-state index is -0.0743. The first kappa shape index (κ1) is 16.5. The van der Waals surface area contributed by atoms with Gasteiger partial charge in [-0.2, -0.15) is 5.26 Å². The Kier molecular flexibility index (Phi) is 5.17. The van der Waals surface area contributed by atoms with E-state index in [1.54, 1.807) is 23.5 Å². The molecule has 0 unspecified atom stereocenters. The van der Waals surface area contributed by atoms with E-state index in [0.29, 0.717) is 5.56 Å². The second-order valence-corrected chi connectivity index (χ2v) is 7.00. The molecule has 0 radical (unpaired) electrons. The van der Waals surface area contributed by atoms with Gasteiger partial charge in [-0.3, -0.25) is 4.79 Å². The van der Waals surface area contributed by atoms with Crippen molar-refractivity contribution in [3.05, 3.63) is 52.2 Å². The third kappa shape index (κ3) is 3.77. The fourth-order valence-corrected chi connectivity index (χ4v) is 3.74. The van der Waals surface area contributed by atoms with Crippen LogP contribution in [-0.4, -0.2) is 30.0 Å². The third-order valence-corrected chi connectivity index (χ3v) is 5.41. The van der Waals surface area contributed by atoms with Crippen molar-refractivity contribution in [3.8, 4) is 11.8 Å². The molecule has 1 aromatic heterocycles. The van der Waals surface area contributed by atoms with E-state index in [-0.39, 0.29) is 17.9 Å². The number of nitriles is 1. The van der Waals surface area contributed by atoms with Gasteiger partial charge in [-0.05, 0) is 36.6 Å². The van der Waals surface area contributed by atoms with Crippen LogP contribution in [0.2, 0.25) is 0 Å². The van der Waals surface area contributed by atoms with Gasteiger partial charge in [-0.25, -0.2) is 0 Å². The van der Waals surface area contributed by atoms with Crippen molar-refractivity contribution < 1.29 is 9.53 Å². The van der Waals surface area contributed by atoms with Crippen LogP contribution < -0.4 is 4.74 Å². The Labute approximate surface area is 146 Å². The Bertz CT molecular complexity index is 728. The molecule has 124 valence electrons. The molecule has 4 nitrogen and oxygen atoms in total. The summed E-state index contributed by atoms with van der Waals surface area (Å²) in [6, 6.07) is 13.4. The van der Waals surface area contributed by atoms with Crippen LogP contribution in [0.5, 0.6) is 5.75 Å². The van der Waals surface area contributed by atoms with Gasteiger partial charge in [-0.15, -0.1) is 11.3 Å². The molecule has 1 aromatic carbocycles. The van der Waals surface area contributed by atoms with Crippen LogP contribution in [0.15, 0.2) is 41.8 Å². The maximum absolute atomic E-state index is 12.6. The molecular formula is C19H20N2O2S. The number of rotatable bonds is 4. The molecule has 1 amide bonds. The summed E-state index contributed by atoms with van der Waals surface area (Å²) in [5.41, 5.74) is 0.602. The summed E-state index contributed by atoms with van der Waals surface area (Å²) in [5, 5.41) is 11.0. The normalized spacial score (nSPS) is 16.4. The van der Waals surface area contributed by atoms with E-state index < -0.39 is 0 Å². The monoisotopic (exact) mass is 340 g/mol. The van der Waals surface area contributed by atoms with Gasteiger partial charge < -0.3 is 9.64 Å². The fraction of sp³-hybridized carbons (Fsp3) is 0.368. The van der Waals surface area contributed by atoms with Gasteiger partial charge >= 0.3 is 0 Å². The summed E-state index contributed by atoms with van der Waals surface area (Å²) in [5.74, 6) is 0.850. The van der Waals surface area contributed by atoms with Gasteiger partial charge in [0.25, 0.3) is 0 Å². The molecule has 1 aliphatic rings. The first-order valence-electron chi connectivity index (χ1n) is 8.16. The van der Waals surface area contributed by atoms with E-state index in [1.807, 2.05) is 41.5 Å². The van der Waals surface area contributed by atoms with Crippen LogP contribution in [0.3, 0.4) is 0 Å². The van der Waals surface area contributed by atoms with Crippen molar-refractivity contribution in [1.82, 2.24) is 4.90 Å². The average molecular weight is 340 g/mol. The highest BCUT2D eigenvalue weighted by Gasteiger charge is 2.27. The predicted molar refractivity (Wildman–Crippen MR) is 94.1 cm³/mol. The summed E-state index contributed by atoms with van der Waals surface area (Å²) in [7, 11) is 0. The number of hydrogen-bond donors (Lipinski definition) is 0. The number of benzene rings is 1. The molecule has 24 heavy (non-hydrogen) atoms. The smallest absolute Gasteiger partial charge is 0.230 e.